The van der Waals surface area contributed by atoms with Gasteiger partial charge in [-0.2, -0.15) is 5.10 Å². The van der Waals surface area contributed by atoms with E-state index >= 15 is 0 Å². The summed E-state index contributed by atoms with van der Waals surface area (Å²) in [6.07, 6.45) is 0. The molecule has 2 rings (SSSR count). The van der Waals surface area contributed by atoms with E-state index in [0.29, 0.717) is 11.4 Å². The highest BCUT2D eigenvalue weighted by Crippen LogP contribution is 2.16. The summed E-state index contributed by atoms with van der Waals surface area (Å²) in [7, 11) is 1.75. The standard InChI is InChI=1S/C11H12N4O/c1-15-10(13-12)7-8-11(14-15)16-9-5-3-2-4-6-9/h2-8H,12H2,1H3/b13-10-. The minimum absolute atomic E-state index is 0.501. The Hall–Kier alpha value is -2.30. The SMILES string of the molecule is Cn1nc(Oc2ccccc2)cc/c1=N/N. The maximum absolute atomic E-state index is 5.54. The minimum atomic E-state index is 0.501. The lowest BCUT2D eigenvalue weighted by Gasteiger charge is -2.05. The molecule has 1 aromatic heterocycles. The number of para-hydroxylation sites is 1. The summed E-state index contributed by atoms with van der Waals surface area (Å²) in [6, 6.07) is 12.9. The Bertz CT molecular complexity index is 533. The molecule has 0 aliphatic heterocycles. The van der Waals surface area contributed by atoms with Crippen LogP contribution >= 0.6 is 0 Å². The second-order valence-electron chi connectivity index (χ2n) is 3.20. The lowest BCUT2D eigenvalue weighted by molar-refractivity contribution is 0.439. The number of nitrogens with two attached hydrogens (primary N) is 1. The maximum atomic E-state index is 5.54. The molecule has 2 N–H and O–H groups in total. The largest absolute Gasteiger partial charge is 0.438 e. The highest BCUT2D eigenvalue weighted by Gasteiger charge is 1.98. The van der Waals surface area contributed by atoms with Crippen LogP contribution in [0.15, 0.2) is 47.6 Å². The van der Waals surface area contributed by atoms with Crippen molar-refractivity contribution in [3.05, 3.63) is 48.0 Å². The molecule has 0 spiro atoms. The van der Waals surface area contributed by atoms with Gasteiger partial charge in [0, 0.05) is 13.1 Å². The Balaban J connectivity index is 2.27. The number of hydrogen-bond acceptors (Lipinski definition) is 4. The van der Waals surface area contributed by atoms with Crippen LogP contribution in [0.1, 0.15) is 0 Å². The molecule has 0 saturated heterocycles. The van der Waals surface area contributed by atoms with Crippen molar-refractivity contribution in [3.8, 4) is 11.6 Å². The molecule has 5 heteroatoms. The van der Waals surface area contributed by atoms with Crippen molar-refractivity contribution in [2.24, 2.45) is 18.0 Å². The topological polar surface area (TPSA) is 65.4 Å². The summed E-state index contributed by atoms with van der Waals surface area (Å²) in [5.41, 5.74) is 0.584. The van der Waals surface area contributed by atoms with Crippen LogP contribution in [-0.2, 0) is 7.05 Å². The van der Waals surface area contributed by atoms with Gasteiger partial charge in [-0.1, -0.05) is 18.2 Å². The van der Waals surface area contributed by atoms with Gasteiger partial charge in [0.2, 0.25) is 5.88 Å². The lowest BCUT2D eigenvalue weighted by Crippen LogP contribution is -2.21. The number of ether oxygens (including phenoxy) is 1. The Morgan fingerprint density at radius 3 is 2.56 bits per heavy atom. The van der Waals surface area contributed by atoms with Crippen molar-refractivity contribution in [1.29, 1.82) is 0 Å². The normalized spacial score (nSPS) is 11.4. The molecular weight excluding hydrogens is 204 g/mol. The molecule has 82 valence electrons. The molecule has 0 fully saturated rings. The Kier molecular flexibility index (Phi) is 2.86. The second-order valence-corrected chi connectivity index (χ2v) is 3.20. The Morgan fingerprint density at radius 1 is 1.19 bits per heavy atom. The third kappa shape index (κ3) is 2.20. The molecule has 0 amide bonds. The predicted molar refractivity (Wildman–Crippen MR) is 59.5 cm³/mol. The van der Waals surface area contributed by atoms with E-state index in [0.717, 1.165) is 5.75 Å². The quantitative estimate of drug-likeness (QED) is 0.601. The van der Waals surface area contributed by atoms with E-state index in [9.17, 15) is 0 Å². The summed E-state index contributed by atoms with van der Waals surface area (Å²) in [5, 5.41) is 7.72. The second kappa shape index (κ2) is 4.48. The third-order valence-electron chi connectivity index (χ3n) is 2.05. The monoisotopic (exact) mass is 216 g/mol. The fourth-order valence-corrected chi connectivity index (χ4v) is 1.28. The molecule has 0 aliphatic rings. The van der Waals surface area contributed by atoms with Gasteiger partial charge in [-0.05, 0) is 18.2 Å². The fourth-order valence-electron chi connectivity index (χ4n) is 1.28. The van der Waals surface area contributed by atoms with Crippen molar-refractivity contribution in [2.45, 2.75) is 0 Å². The van der Waals surface area contributed by atoms with Crippen LogP contribution < -0.4 is 16.1 Å². The van der Waals surface area contributed by atoms with E-state index in [-0.39, 0.29) is 0 Å². The molecule has 0 radical (unpaired) electrons. The molecule has 0 bridgehead atoms. The summed E-state index contributed by atoms with van der Waals surface area (Å²) in [6.45, 7) is 0. The minimum Gasteiger partial charge on any atom is -0.438 e. The van der Waals surface area contributed by atoms with Crippen LogP contribution in [0.4, 0.5) is 0 Å². The summed E-state index contributed by atoms with van der Waals surface area (Å²) in [5.74, 6) is 6.42. The number of aryl methyl sites for hydroxylation is 1. The number of aromatic nitrogens is 2. The number of hydrogen-bond donors (Lipinski definition) is 1. The molecule has 5 nitrogen and oxygen atoms in total. The number of nitrogens with zero attached hydrogens (tertiary/aromatic N) is 3. The van der Waals surface area contributed by atoms with Gasteiger partial charge >= 0.3 is 0 Å². The van der Waals surface area contributed by atoms with Crippen molar-refractivity contribution >= 4 is 0 Å². The van der Waals surface area contributed by atoms with Crippen molar-refractivity contribution in [1.82, 2.24) is 9.78 Å². The summed E-state index contributed by atoms with van der Waals surface area (Å²) < 4.78 is 7.10. The summed E-state index contributed by atoms with van der Waals surface area (Å²) >= 11 is 0. The zero-order valence-electron chi connectivity index (χ0n) is 8.87. The average Bonchev–Trinajstić information content (AvgIpc) is 2.31. The van der Waals surface area contributed by atoms with E-state index in [2.05, 4.69) is 10.2 Å². The van der Waals surface area contributed by atoms with Gasteiger partial charge in [0.25, 0.3) is 0 Å². The van der Waals surface area contributed by atoms with Gasteiger partial charge in [-0.15, -0.1) is 5.10 Å². The lowest BCUT2D eigenvalue weighted by atomic mass is 10.3. The van der Waals surface area contributed by atoms with Gasteiger partial charge in [0.1, 0.15) is 5.75 Å². The molecule has 1 aromatic carbocycles. The number of benzene rings is 1. The van der Waals surface area contributed by atoms with Gasteiger partial charge in [0.15, 0.2) is 5.49 Å². The zero-order chi connectivity index (χ0) is 11.4. The van der Waals surface area contributed by atoms with Gasteiger partial charge in [0.05, 0.1) is 0 Å². The van der Waals surface area contributed by atoms with Crippen molar-refractivity contribution < 1.29 is 4.74 Å². The zero-order valence-corrected chi connectivity index (χ0v) is 8.87. The van der Waals surface area contributed by atoms with Gasteiger partial charge in [-0.3, -0.25) is 0 Å². The van der Waals surface area contributed by atoms with Crippen LogP contribution in [0.2, 0.25) is 0 Å². The molecule has 0 unspecified atom stereocenters. The molecule has 2 aromatic rings. The smallest absolute Gasteiger partial charge is 0.236 e. The third-order valence-corrected chi connectivity index (χ3v) is 2.05. The van der Waals surface area contributed by atoms with Gasteiger partial charge in [-0.25, -0.2) is 4.68 Å². The highest BCUT2D eigenvalue weighted by molar-refractivity contribution is 5.25. The fraction of sp³-hybridized carbons (Fsp3) is 0.0909. The predicted octanol–water partition coefficient (Wildman–Crippen LogP) is 0.987. The van der Waals surface area contributed by atoms with Crippen LogP contribution in [0.25, 0.3) is 0 Å². The molecule has 1 heterocycles. The van der Waals surface area contributed by atoms with E-state index in [1.807, 2.05) is 30.3 Å². The summed E-state index contributed by atoms with van der Waals surface area (Å²) in [4.78, 5) is 0. The molecule has 0 aliphatic carbocycles. The van der Waals surface area contributed by atoms with Crippen LogP contribution in [0, 0.1) is 0 Å². The van der Waals surface area contributed by atoms with Crippen LogP contribution in [-0.4, -0.2) is 9.78 Å². The Labute approximate surface area is 92.8 Å². The molecular formula is C11H12N4O. The van der Waals surface area contributed by atoms with Crippen LogP contribution in [0.3, 0.4) is 0 Å². The first-order valence-corrected chi connectivity index (χ1v) is 4.81. The van der Waals surface area contributed by atoms with E-state index in [1.54, 1.807) is 23.9 Å². The van der Waals surface area contributed by atoms with Gasteiger partial charge < -0.3 is 10.6 Å². The Morgan fingerprint density at radius 2 is 1.94 bits per heavy atom. The number of rotatable bonds is 2. The van der Waals surface area contributed by atoms with E-state index in [4.69, 9.17) is 10.6 Å². The molecule has 0 atom stereocenters. The first-order chi connectivity index (χ1) is 7.79. The van der Waals surface area contributed by atoms with Crippen LogP contribution in [0.5, 0.6) is 11.6 Å². The van der Waals surface area contributed by atoms with E-state index < -0.39 is 0 Å². The average molecular weight is 216 g/mol. The first-order valence-electron chi connectivity index (χ1n) is 4.81. The van der Waals surface area contributed by atoms with E-state index in [1.165, 1.54) is 0 Å². The van der Waals surface area contributed by atoms with Crippen molar-refractivity contribution in [3.63, 3.8) is 0 Å². The molecule has 0 saturated carbocycles. The molecule has 16 heavy (non-hydrogen) atoms. The first kappa shape index (κ1) is 10.2. The highest BCUT2D eigenvalue weighted by atomic mass is 16.5. The van der Waals surface area contributed by atoms with Crippen molar-refractivity contribution in [2.75, 3.05) is 0 Å². The maximum Gasteiger partial charge on any atom is 0.236 e.